The summed E-state index contributed by atoms with van der Waals surface area (Å²) in [4.78, 5) is 10.7. The molecule has 0 radical (unpaired) electrons. The van der Waals surface area contributed by atoms with Gasteiger partial charge in [-0.15, -0.1) is 0 Å². The topological polar surface area (TPSA) is 78.3 Å². The normalized spacial score (nSPS) is 29.9. The van der Waals surface area contributed by atoms with Gasteiger partial charge in [-0.25, -0.2) is 0 Å². The maximum absolute atomic E-state index is 10.7. The van der Waals surface area contributed by atoms with Crippen molar-refractivity contribution in [3.05, 3.63) is 0 Å². The van der Waals surface area contributed by atoms with Crippen molar-refractivity contribution in [3.8, 4) is 0 Å². The third-order valence-corrected chi connectivity index (χ3v) is 2.79. The van der Waals surface area contributed by atoms with Crippen molar-refractivity contribution < 1.29 is 9.53 Å². The fourth-order valence-electron chi connectivity index (χ4n) is 1.62. The van der Waals surface area contributed by atoms with Gasteiger partial charge in [-0.1, -0.05) is 6.92 Å². The highest BCUT2D eigenvalue weighted by Crippen LogP contribution is 2.20. The molecule has 0 aliphatic heterocycles. The van der Waals surface area contributed by atoms with Crippen molar-refractivity contribution in [1.82, 2.24) is 0 Å². The Bertz CT molecular complexity index is 189. The van der Waals surface area contributed by atoms with E-state index in [2.05, 4.69) is 0 Å². The van der Waals surface area contributed by atoms with E-state index in [1.165, 1.54) is 0 Å². The lowest BCUT2D eigenvalue weighted by Crippen LogP contribution is -2.32. The Morgan fingerprint density at radius 2 is 2.00 bits per heavy atom. The average Bonchev–Trinajstić information content (AvgIpc) is 2.16. The molecule has 1 amide bonds. The zero-order valence-electron chi connectivity index (χ0n) is 8.74. The second-order valence-electron chi connectivity index (χ2n) is 4.17. The quantitative estimate of drug-likeness (QED) is 0.689. The first-order valence-electron chi connectivity index (χ1n) is 5.26. The molecule has 82 valence electrons. The summed E-state index contributed by atoms with van der Waals surface area (Å²) in [6.07, 6.45) is 4.33. The Balaban J connectivity index is 2.16. The van der Waals surface area contributed by atoms with Gasteiger partial charge < -0.3 is 16.2 Å². The molecule has 4 nitrogen and oxygen atoms in total. The van der Waals surface area contributed by atoms with E-state index in [0.29, 0.717) is 12.6 Å². The Morgan fingerprint density at radius 1 is 1.43 bits per heavy atom. The summed E-state index contributed by atoms with van der Waals surface area (Å²) in [7, 11) is 0. The van der Waals surface area contributed by atoms with Crippen LogP contribution in [0.4, 0.5) is 0 Å². The lowest BCUT2D eigenvalue weighted by atomic mass is 9.94. The predicted molar refractivity (Wildman–Crippen MR) is 54.5 cm³/mol. The Morgan fingerprint density at radius 3 is 2.50 bits per heavy atom. The van der Waals surface area contributed by atoms with E-state index in [9.17, 15) is 4.79 Å². The highest BCUT2D eigenvalue weighted by molar-refractivity contribution is 5.76. The molecular weight excluding hydrogens is 180 g/mol. The zero-order chi connectivity index (χ0) is 10.6. The van der Waals surface area contributed by atoms with Crippen molar-refractivity contribution in [1.29, 1.82) is 0 Å². The standard InChI is InChI=1S/C10H20N2O2/c1-7(10(12)13)6-14-9-4-2-8(11)3-5-9/h7-9H,2-6,11H2,1H3,(H2,12,13). The minimum atomic E-state index is -0.294. The van der Waals surface area contributed by atoms with Crippen LogP contribution in [0.1, 0.15) is 32.6 Å². The van der Waals surface area contributed by atoms with E-state index in [4.69, 9.17) is 16.2 Å². The van der Waals surface area contributed by atoms with Crippen LogP contribution in [-0.4, -0.2) is 24.7 Å². The van der Waals surface area contributed by atoms with Gasteiger partial charge in [-0.3, -0.25) is 4.79 Å². The zero-order valence-corrected chi connectivity index (χ0v) is 8.74. The first-order valence-corrected chi connectivity index (χ1v) is 5.26. The molecule has 0 aromatic rings. The van der Waals surface area contributed by atoms with Crippen LogP contribution >= 0.6 is 0 Å². The van der Waals surface area contributed by atoms with E-state index in [-0.39, 0.29) is 17.9 Å². The summed E-state index contributed by atoms with van der Waals surface area (Å²) in [5.74, 6) is -0.483. The minimum absolute atomic E-state index is 0.189. The van der Waals surface area contributed by atoms with E-state index < -0.39 is 0 Å². The van der Waals surface area contributed by atoms with Crippen molar-refractivity contribution in [3.63, 3.8) is 0 Å². The molecule has 1 saturated carbocycles. The van der Waals surface area contributed by atoms with Crippen LogP contribution in [0.15, 0.2) is 0 Å². The van der Waals surface area contributed by atoms with Crippen LogP contribution in [0, 0.1) is 5.92 Å². The Hall–Kier alpha value is -0.610. The molecule has 0 aromatic carbocycles. The fraction of sp³-hybridized carbons (Fsp3) is 0.900. The lowest BCUT2D eigenvalue weighted by molar-refractivity contribution is -0.124. The van der Waals surface area contributed by atoms with Gasteiger partial charge in [0.05, 0.1) is 18.6 Å². The van der Waals surface area contributed by atoms with Crippen molar-refractivity contribution >= 4 is 5.91 Å². The van der Waals surface area contributed by atoms with Gasteiger partial charge in [0.25, 0.3) is 0 Å². The number of carbonyl (C=O) groups excluding carboxylic acids is 1. The molecule has 1 unspecified atom stereocenters. The maximum Gasteiger partial charge on any atom is 0.222 e. The molecule has 1 atom stereocenters. The molecule has 0 aromatic heterocycles. The highest BCUT2D eigenvalue weighted by atomic mass is 16.5. The van der Waals surface area contributed by atoms with Crippen molar-refractivity contribution in [2.75, 3.05) is 6.61 Å². The lowest BCUT2D eigenvalue weighted by Gasteiger charge is -2.26. The number of nitrogens with two attached hydrogens (primary N) is 2. The molecule has 1 aliphatic rings. The molecular formula is C10H20N2O2. The number of amides is 1. The Labute approximate surface area is 85.0 Å². The van der Waals surface area contributed by atoms with Gasteiger partial charge in [-0.05, 0) is 25.7 Å². The molecule has 0 saturated heterocycles. The minimum Gasteiger partial charge on any atom is -0.377 e. The van der Waals surface area contributed by atoms with E-state index in [1.807, 2.05) is 0 Å². The fourth-order valence-corrected chi connectivity index (χ4v) is 1.62. The Kier molecular flexibility index (Phi) is 4.35. The third-order valence-electron chi connectivity index (χ3n) is 2.79. The first-order chi connectivity index (χ1) is 6.59. The van der Waals surface area contributed by atoms with Crippen LogP contribution in [0.5, 0.6) is 0 Å². The smallest absolute Gasteiger partial charge is 0.222 e. The van der Waals surface area contributed by atoms with Gasteiger partial charge in [0.1, 0.15) is 0 Å². The van der Waals surface area contributed by atoms with Crippen LogP contribution in [0.25, 0.3) is 0 Å². The summed E-state index contributed by atoms with van der Waals surface area (Å²) in [6.45, 7) is 2.23. The average molecular weight is 200 g/mol. The number of ether oxygens (including phenoxy) is 1. The van der Waals surface area contributed by atoms with E-state index in [1.54, 1.807) is 6.92 Å². The molecule has 1 aliphatic carbocycles. The van der Waals surface area contributed by atoms with Gasteiger partial charge in [0.2, 0.25) is 5.91 Å². The van der Waals surface area contributed by atoms with E-state index >= 15 is 0 Å². The van der Waals surface area contributed by atoms with Crippen molar-refractivity contribution in [2.24, 2.45) is 17.4 Å². The summed E-state index contributed by atoms with van der Waals surface area (Å²) in [5.41, 5.74) is 10.9. The van der Waals surface area contributed by atoms with Gasteiger partial charge in [0.15, 0.2) is 0 Å². The van der Waals surface area contributed by atoms with Gasteiger partial charge >= 0.3 is 0 Å². The highest BCUT2D eigenvalue weighted by Gasteiger charge is 2.20. The molecule has 0 spiro atoms. The summed E-state index contributed by atoms with van der Waals surface area (Å²) in [6, 6.07) is 0.336. The van der Waals surface area contributed by atoms with Crippen LogP contribution in [0.3, 0.4) is 0 Å². The van der Waals surface area contributed by atoms with Crippen molar-refractivity contribution in [2.45, 2.75) is 44.8 Å². The molecule has 4 heteroatoms. The molecule has 1 fully saturated rings. The number of hydrogen-bond acceptors (Lipinski definition) is 3. The summed E-state index contributed by atoms with van der Waals surface area (Å²) >= 11 is 0. The first kappa shape index (κ1) is 11.5. The van der Waals surface area contributed by atoms with Crippen LogP contribution < -0.4 is 11.5 Å². The summed E-state index contributed by atoms with van der Waals surface area (Å²) in [5, 5.41) is 0. The predicted octanol–water partition coefficient (Wildman–Crippen LogP) is 0.394. The number of carbonyl (C=O) groups is 1. The number of primary amides is 1. The van der Waals surface area contributed by atoms with Crippen LogP contribution in [-0.2, 0) is 9.53 Å². The molecule has 1 rings (SSSR count). The van der Waals surface area contributed by atoms with E-state index in [0.717, 1.165) is 25.7 Å². The monoisotopic (exact) mass is 200 g/mol. The largest absolute Gasteiger partial charge is 0.377 e. The van der Waals surface area contributed by atoms with Gasteiger partial charge in [-0.2, -0.15) is 0 Å². The molecule has 0 bridgehead atoms. The maximum atomic E-state index is 10.7. The molecule has 4 N–H and O–H groups in total. The van der Waals surface area contributed by atoms with Crippen LogP contribution in [0.2, 0.25) is 0 Å². The second kappa shape index (κ2) is 5.32. The third kappa shape index (κ3) is 3.64. The second-order valence-corrected chi connectivity index (χ2v) is 4.17. The van der Waals surface area contributed by atoms with Gasteiger partial charge in [0, 0.05) is 6.04 Å². The number of hydrogen-bond donors (Lipinski definition) is 2. The molecule has 0 heterocycles. The number of rotatable bonds is 4. The molecule has 14 heavy (non-hydrogen) atoms. The SMILES string of the molecule is CC(COC1CCC(N)CC1)C(N)=O. The summed E-state index contributed by atoms with van der Waals surface area (Å²) < 4.78 is 5.60.